The molecule has 0 aliphatic rings. The topological polar surface area (TPSA) is 99.0 Å². The highest BCUT2D eigenvalue weighted by Crippen LogP contribution is 2.22. The van der Waals surface area contributed by atoms with Crippen molar-refractivity contribution in [3.8, 4) is 5.75 Å². The summed E-state index contributed by atoms with van der Waals surface area (Å²) in [6.45, 7) is 8.94. The number of aromatic nitrogens is 4. The summed E-state index contributed by atoms with van der Waals surface area (Å²) in [4.78, 5) is 44.6. The predicted molar refractivity (Wildman–Crippen MR) is 125 cm³/mol. The van der Waals surface area contributed by atoms with Crippen molar-refractivity contribution < 1.29 is 9.53 Å². The van der Waals surface area contributed by atoms with Crippen LogP contribution in [-0.4, -0.2) is 25.1 Å². The average Bonchev–Trinajstić information content (AvgIpc) is 3.06. The van der Waals surface area contributed by atoms with E-state index in [0.717, 1.165) is 18.4 Å². The Labute approximate surface area is 191 Å². The summed E-state index contributed by atoms with van der Waals surface area (Å²) in [7, 11) is 0. The number of hydrogen-bond donors (Lipinski definition) is 1. The maximum Gasteiger partial charge on any atom is 0.330 e. The minimum atomic E-state index is -0.464. The molecular formula is C23H29ClN4O4. The molecule has 0 radical (unpaired) electrons. The van der Waals surface area contributed by atoms with Crippen LogP contribution in [0.3, 0.4) is 0 Å². The molecule has 2 aromatic heterocycles. The molecule has 0 atom stereocenters. The van der Waals surface area contributed by atoms with Crippen molar-refractivity contribution in [2.75, 3.05) is 0 Å². The van der Waals surface area contributed by atoms with E-state index in [9.17, 15) is 14.4 Å². The van der Waals surface area contributed by atoms with Gasteiger partial charge in [0.25, 0.3) is 5.56 Å². The molecule has 172 valence electrons. The van der Waals surface area contributed by atoms with Gasteiger partial charge in [-0.3, -0.25) is 19.1 Å². The van der Waals surface area contributed by atoms with Gasteiger partial charge in [0.05, 0.1) is 6.42 Å². The molecule has 3 rings (SSSR count). The molecule has 0 unspecified atom stereocenters. The molecule has 0 aliphatic carbocycles. The van der Waals surface area contributed by atoms with Crippen molar-refractivity contribution in [2.45, 2.75) is 66.5 Å². The van der Waals surface area contributed by atoms with Crippen LogP contribution in [0.4, 0.5) is 0 Å². The smallest absolute Gasteiger partial charge is 0.330 e. The Kier molecular flexibility index (Phi) is 7.56. The maximum absolute atomic E-state index is 12.7. The third-order valence-corrected chi connectivity index (χ3v) is 5.40. The normalized spacial score (nSPS) is 11.4. The van der Waals surface area contributed by atoms with E-state index in [0.29, 0.717) is 40.8 Å². The number of fused-ring (bicyclic) bond motifs is 1. The molecule has 0 aliphatic heterocycles. The first-order chi connectivity index (χ1) is 15.2. The Bertz CT molecular complexity index is 1240. The molecule has 8 nitrogen and oxygen atoms in total. The Morgan fingerprint density at radius 3 is 2.66 bits per heavy atom. The van der Waals surface area contributed by atoms with Gasteiger partial charge in [0.1, 0.15) is 11.6 Å². The lowest BCUT2D eigenvalue weighted by molar-refractivity contribution is -0.134. The average molecular weight is 461 g/mol. The Balaban J connectivity index is 1.92. The number of halogens is 1. The SMILES string of the molecule is CCCCn1c(=O)[nH]c(=O)c2c1nc(CCC(=O)Oc1ccc(Cl)cc1C)n2CC(C)C. The first-order valence-electron chi connectivity index (χ1n) is 10.9. The van der Waals surface area contributed by atoms with Gasteiger partial charge >= 0.3 is 11.7 Å². The second kappa shape index (κ2) is 10.2. The number of H-pyrrole nitrogens is 1. The fraction of sp³-hybridized carbons (Fsp3) is 0.478. The summed E-state index contributed by atoms with van der Waals surface area (Å²) in [5.41, 5.74) is 0.575. The van der Waals surface area contributed by atoms with E-state index < -0.39 is 17.2 Å². The zero-order valence-corrected chi connectivity index (χ0v) is 19.7. The summed E-state index contributed by atoms with van der Waals surface area (Å²) < 4.78 is 8.81. The molecule has 9 heteroatoms. The molecule has 0 bridgehead atoms. The number of carbonyl (C=O) groups is 1. The number of unbranched alkanes of at least 4 members (excludes halogenated alkanes) is 1. The van der Waals surface area contributed by atoms with Gasteiger partial charge in [-0.2, -0.15) is 0 Å². The molecule has 3 aromatic rings. The summed E-state index contributed by atoms with van der Waals surface area (Å²) in [5, 5.41) is 0.573. The highest BCUT2D eigenvalue weighted by atomic mass is 35.5. The van der Waals surface area contributed by atoms with E-state index in [2.05, 4.69) is 9.97 Å². The number of esters is 1. The van der Waals surface area contributed by atoms with Crippen LogP contribution in [0, 0.1) is 12.8 Å². The van der Waals surface area contributed by atoms with E-state index in [1.54, 1.807) is 18.2 Å². The van der Waals surface area contributed by atoms with Gasteiger partial charge in [-0.1, -0.05) is 38.8 Å². The van der Waals surface area contributed by atoms with Gasteiger partial charge in [-0.05, 0) is 43.0 Å². The summed E-state index contributed by atoms with van der Waals surface area (Å²) in [5.74, 6) is 0.876. The van der Waals surface area contributed by atoms with E-state index in [1.165, 1.54) is 4.57 Å². The van der Waals surface area contributed by atoms with Crippen LogP contribution in [0.25, 0.3) is 11.2 Å². The number of aryl methyl sites for hydroxylation is 3. The minimum Gasteiger partial charge on any atom is -0.426 e. The van der Waals surface area contributed by atoms with Crippen molar-refractivity contribution >= 4 is 28.7 Å². The monoisotopic (exact) mass is 460 g/mol. The fourth-order valence-electron chi connectivity index (χ4n) is 3.61. The number of rotatable bonds is 9. The number of aromatic amines is 1. The van der Waals surface area contributed by atoms with Crippen LogP contribution in [0.1, 0.15) is 51.4 Å². The lowest BCUT2D eigenvalue weighted by Crippen LogP contribution is -2.31. The van der Waals surface area contributed by atoms with Crippen LogP contribution >= 0.6 is 11.6 Å². The highest BCUT2D eigenvalue weighted by molar-refractivity contribution is 6.30. The second-order valence-corrected chi connectivity index (χ2v) is 8.79. The van der Waals surface area contributed by atoms with Gasteiger partial charge < -0.3 is 9.30 Å². The highest BCUT2D eigenvalue weighted by Gasteiger charge is 2.20. The van der Waals surface area contributed by atoms with Crippen molar-refractivity contribution in [3.05, 3.63) is 55.4 Å². The molecule has 32 heavy (non-hydrogen) atoms. The van der Waals surface area contributed by atoms with Crippen molar-refractivity contribution in [1.29, 1.82) is 0 Å². The predicted octanol–water partition coefficient (Wildman–Crippen LogP) is 3.84. The largest absolute Gasteiger partial charge is 0.426 e. The molecular weight excluding hydrogens is 432 g/mol. The standard InChI is InChI=1S/C23H29ClN4O4/c1-5-6-11-27-21-20(22(30)26-23(27)31)28(13-14(2)3)18(25-21)9-10-19(29)32-17-8-7-16(24)12-15(17)4/h7-8,12,14H,5-6,9-11,13H2,1-4H3,(H,26,30,31). The third kappa shape index (κ3) is 5.30. The van der Waals surface area contributed by atoms with Crippen molar-refractivity contribution in [2.24, 2.45) is 5.92 Å². The number of carbonyl (C=O) groups excluding carboxylic acids is 1. The molecule has 0 saturated heterocycles. The van der Waals surface area contributed by atoms with Crippen molar-refractivity contribution in [3.63, 3.8) is 0 Å². The maximum atomic E-state index is 12.7. The summed E-state index contributed by atoms with van der Waals surface area (Å²) in [6.07, 6.45) is 2.07. The van der Waals surface area contributed by atoms with Crippen LogP contribution in [0.2, 0.25) is 5.02 Å². The molecule has 0 fully saturated rings. The molecule has 0 saturated carbocycles. The molecule has 1 N–H and O–H groups in total. The Hall–Kier alpha value is -2.87. The summed E-state index contributed by atoms with van der Waals surface area (Å²) in [6, 6.07) is 5.06. The molecule has 2 heterocycles. The van der Waals surface area contributed by atoms with Crippen molar-refractivity contribution in [1.82, 2.24) is 19.1 Å². The van der Waals surface area contributed by atoms with Gasteiger partial charge in [0.15, 0.2) is 11.2 Å². The Morgan fingerprint density at radius 2 is 2.00 bits per heavy atom. The van der Waals surface area contributed by atoms with Crippen LogP contribution < -0.4 is 16.0 Å². The van der Waals surface area contributed by atoms with E-state index in [1.807, 2.05) is 32.3 Å². The van der Waals surface area contributed by atoms with Crippen LogP contribution in [-0.2, 0) is 24.3 Å². The number of ether oxygens (including phenoxy) is 1. The van der Waals surface area contributed by atoms with Crippen LogP contribution in [0.15, 0.2) is 27.8 Å². The lowest BCUT2D eigenvalue weighted by Gasteiger charge is -2.12. The third-order valence-electron chi connectivity index (χ3n) is 5.16. The van der Waals surface area contributed by atoms with E-state index in [4.69, 9.17) is 16.3 Å². The van der Waals surface area contributed by atoms with Gasteiger partial charge in [0.2, 0.25) is 0 Å². The zero-order valence-electron chi connectivity index (χ0n) is 18.9. The van der Waals surface area contributed by atoms with Crippen LogP contribution in [0.5, 0.6) is 5.75 Å². The first-order valence-corrected chi connectivity index (χ1v) is 11.3. The van der Waals surface area contributed by atoms with Gasteiger partial charge in [-0.15, -0.1) is 0 Å². The van der Waals surface area contributed by atoms with Gasteiger partial charge in [-0.25, -0.2) is 9.78 Å². The zero-order chi connectivity index (χ0) is 23.4. The molecule has 1 aromatic carbocycles. The number of imidazole rings is 1. The quantitative estimate of drug-likeness (QED) is 0.386. The first kappa shape index (κ1) is 23.8. The number of nitrogens with zero attached hydrogens (tertiary/aromatic N) is 3. The Morgan fingerprint density at radius 1 is 1.25 bits per heavy atom. The van der Waals surface area contributed by atoms with E-state index >= 15 is 0 Å². The second-order valence-electron chi connectivity index (χ2n) is 8.35. The fourth-order valence-corrected chi connectivity index (χ4v) is 3.84. The molecule has 0 spiro atoms. The lowest BCUT2D eigenvalue weighted by atomic mass is 10.2. The van der Waals surface area contributed by atoms with E-state index in [-0.39, 0.29) is 18.8 Å². The summed E-state index contributed by atoms with van der Waals surface area (Å²) >= 11 is 5.96. The minimum absolute atomic E-state index is 0.0839. The number of benzene rings is 1. The number of hydrogen-bond acceptors (Lipinski definition) is 5. The number of nitrogens with one attached hydrogen (secondary N) is 1. The molecule has 0 amide bonds. The van der Waals surface area contributed by atoms with Gasteiger partial charge in [0, 0.05) is 24.5 Å².